The summed E-state index contributed by atoms with van der Waals surface area (Å²) >= 11 is 2.37. The van der Waals surface area contributed by atoms with Crippen molar-refractivity contribution in [3.05, 3.63) is 21.8 Å². The average Bonchev–Trinajstić information content (AvgIpc) is 2.56. The number of benzene rings is 1. The standard InChI is InChI=1S/C14H19IN2/c15-11-5-6-12-13(9-11)16-10-14(17-12)7-3-1-2-4-8-14/h5-6,9,16-17H,1-4,7-8,10H2. The second kappa shape index (κ2) is 4.67. The van der Waals surface area contributed by atoms with Crippen molar-refractivity contribution < 1.29 is 0 Å². The number of anilines is 2. The molecule has 1 fully saturated rings. The van der Waals surface area contributed by atoms with E-state index in [2.05, 4.69) is 51.4 Å². The molecule has 0 radical (unpaired) electrons. The highest BCUT2D eigenvalue weighted by atomic mass is 127. The summed E-state index contributed by atoms with van der Waals surface area (Å²) in [7, 11) is 0. The minimum atomic E-state index is 0.316. The van der Waals surface area contributed by atoms with Gasteiger partial charge in [0.15, 0.2) is 0 Å². The van der Waals surface area contributed by atoms with Gasteiger partial charge < -0.3 is 10.6 Å². The fourth-order valence-corrected chi connectivity index (χ4v) is 3.56. The van der Waals surface area contributed by atoms with Gasteiger partial charge in [0.05, 0.1) is 16.9 Å². The Hall–Kier alpha value is -0.450. The fourth-order valence-electron chi connectivity index (χ4n) is 3.07. The van der Waals surface area contributed by atoms with Crippen molar-refractivity contribution in [2.45, 2.75) is 44.1 Å². The summed E-state index contributed by atoms with van der Waals surface area (Å²) in [4.78, 5) is 0. The molecule has 0 bridgehead atoms. The van der Waals surface area contributed by atoms with Crippen LogP contribution in [0.4, 0.5) is 11.4 Å². The Bertz CT molecular complexity index is 409. The zero-order chi connectivity index (χ0) is 11.7. The number of hydrogen-bond donors (Lipinski definition) is 2. The number of rotatable bonds is 0. The summed E-state index contributed by atoms with van der Waals surface area (Å²) in [6.07, 6.45) is 8.17. The van der Waals surface area contributed by atoms with Gasteiger partial charge in [0.2, 0.25) is 0 Å². The fraction of sp³-hybridized carbons (Fsp3) is 0.571. The molecule has 1 aliphatic heterocycles. The molecule has 1 spiro atoms. The van der Waals surface area contributed by atoms with Crippen LogP contribution in [0.1, 0.15) is 38.5 Å². The molecule has 3 rings (SSSR count). The van der Waals surface area contributed by atoms with Crippen LogP contribution in [0.2, 0.25) is 0 Å². The summed E-state index contributed by atoms with van der Waals surface area (Å²) in [5, 5.41) is 7.44. The Balaban J connectivity index is 1.85. The first-order valence-electron chi connectivity index (χ1n) is 6.59. The van der Waals surface area contributed by atoms with E-state index in [0.717, 1.165) is 6.54 Å². The van der Waals surface area contributed by atoms with Gasteiger partial charge >= 0.3 is 0 Å². The van der Waals surface area contributed by atoms with Crippen LogP contribution in [0.15, 0.2) is 18.2 Å². The Kier molecular flexibility index (Phi) is 3.19. The maximum atomic E-state index is 3.81. The monoisotopic (exact) mass is 342 g/mol. The van der Waals surface area contributed by atoms with Gasteiger partial charge in [0, 0.05) is 10.1 Å². The lowest BCUT2D eigenvalue weighted by atomic mass is 9.88. The first-order valence-corrected chi connectivity index (χ1v) is 7.67. The maximum absolute atomic E-state index is 3.81. The van der Waals surface area contributed by atoms with Gasteiger partial charge in [-0.25, -0.2) is 0 Å². The van der Waals surface area contributed by atoms with E-state index in [1.165, 1.54) is 53.5 Å². The predicted octanol–water partition coefficient (Wildman–Crippen LogP) is 4.22. The molecule has 1 aromatic carbocycles. The van der Waals surface area contributed by atoms with E-state index in [4.69, 9.17) is 0 Å². The molecule has 1 heterocycles. The highest BCUT2D eigenvalue weighted by Crippen LogP contribution is 2.37. The van der Waals surface area contributed by atoms with Crippen molar-refractivity contribution in [1.29, 1.82) is 0 Å². The number of hydrogen-bond acceptors (Lipinski definition) is 2. The van der Waals surface area contributed by atoms with Gasteiger partial charge in [-0.05, 0) is 53.6 Å². The smallest absolute Gasteiger partial charge is 0.0587 e. The van der Waals surface area contributed by atoms with Crippen molar-refractivity contribution in [3.8, 4) is 0 Å². The molecule has 3 heteroatoms. The third-order valence-electron chi connectivity index (χ3n) is 4.06. The quantitative estimate of drug-likeness (QED) is 0.690. The van der Waals surface area contributed by atoms with Crippen molar-refractivity contribution >= 4 is 34.0 Å². The molecule has 0 atom stereocenters. The van der Waals surface area contributed by atoms with Crippen molar-refractivity contribution in [1.82, 2.24) is 0 Å². The van der Waals surface area contributed by atoms with Gasteiger partial charge in [0.25, 0.3) is 0 Å². The Morgan fingerprint density at radius 2 is 1.76 bits per heavy atom. The van der Waals surface area contributed by atoms with Gasteiger partial charge in [-0.1, -0.05) is 25.7 Å². The lowest BCUT2D eigenvalue weighted by molar-refractivity contribution is 0.423. The normalized spacial score (nSPS) is 22.2. The number of nitrogens with one attached hydrogen (secondary N) is 2. The van der Waals surface area contributed by atoms with E-state index in [1.54, 1.807) is 0 Å². The molecule has 1 aliphatic carbocycles. The highest BCUT2D eigenvalue weighted by Gasteiger charge is 2.33. The molecule has 0 aromatic heterocycles. The summed E-state index contributed by atoms with van der Waals surface area (Å²) in [6, 6.07) is 6.63. The Morgan fingerprint density at radius 3 is 2.53 bits per heavy atom. The second-order valence-corrected chi connectivity index (χ2v) is 6.61. The van der Waals surface area contributed by atoms with E-state index in [-0.39, 0.29) is 0 Å². The molecule has 92 valence electrons. The molecular formula is C14H19IN2. The van der Waals surface area contributed by atoms with E-state index >= 15 is 0 Å². The lowest BCUT2D eigenvalue weighted by Crippen LogP contribution is -2.47. The van der Waals surface area contributed by atoms with E-state index < -0.39 is 0 Å². The van der Waals surface area contributed by atoms with Crippen LogP contribution in [0.5, 0.6) is 0 Å². The molecule has 1 saturated carbocycles. The van der Waals surface area contributed by atoms with E-state index in [0.29, 0.717) is 5.54 Å². The van der Waals surface area contributed by atoms with Gasteiger partial charge in [-0.2, -0.15) is 0 Å². The van der Waals surface area contributed by atoms with Crippen LogP contribution in [-0.2, 0) is 0 Å². The van der Waals surface area contributed by atoms with Crippen LogP contribution >= 0.6 is 22.6 Å². The Labute approximate surface area is 117 Å². The zero-order valence-corrected chi connectivity index (χ0v) is 12.2. The molecule has 17 heavy (non-hydrogen) atoms. The Morgan fingerprint density at radius 1 is 1.00 bits per heavy atom. The second-order valence-electron chi connectivity index (χ2n) is 5.36. The summed E-state index contributed by atoms with van der Waals surface area (Å²) < 4.78 is 1.30. The van der Waals surface area contributed by atoms with Gasteiger partial charge in [0.1, 0.15) is 0 Å². The average molecular weight is 342 g/mol. The summed E-state index contributed by atoms with van der Waals surface area (Å²) in [5.41, 5.74) is 2.88. The summed E-state index contributed by atoms with van der Waals surface area (Å²) in [6.45, 7) is 1.08. The van der Waals surface area contributed by atoms with Gasteiger partial charge in [-0.3, -0.25) is 0 Å². The van der Waals surface area contributed by atoms with E-state index in [1.807, 2.05) is 0 Å². The highest BCUT2D eigenvalue weighted by molar-refractivity contribution is 14.1. The summed E-state index contributed by atoms with van der Waals surface area (Å²) in [5.74, 6) is 0. The molecule has 2 N–H and O–H groups in total. The third-order valence-corrected chi connectivity index (χ3v) is 4.73. The maximum Gasteiger partial charge on any atom is 0.0587 e. The topological polar surface area (TPSA) is 24.1 Å². The third kappa shape index (κ3) is 2.39. The molecule has 0 amide bonds. The minimum absolute atomic E-state index is 0.316. The lowest BCUT2D eigenvalue weighted by Gasteiger charge is -2.40. The minimum Gasteiger partial charge on any atom is -0.381 e. The molecule has 2 aliphatic rings. The van der Waals surface area contributed by atoms with Crippen molar-refractivity contribution in [2.24, 2.45) is 0 Å². The first kappa shape index (κ1) is 11.6. The van der Waals surface area contributed by atoms with Crippen LogP contribution in [0.25, 0.3) is 0 Å². The predicted molar refractivity (Wildman–Crippen MR) is 81.7 cm³/mol. The number of halogens is 1. The zero-order valence-electron chi connectivity index (χ0n) is 10.1. The van der Waals surface area contributed by atoms with Crippen molar-refractivity contribution in [2.75, 3.05) is 17.2 Å². The van der Waals surface area contributed by atoms with Crippen LogP contribution in [-0.4, -0.2) is 12.1 Å². The van der Waals surface area contributed by atoms with Crippen LogP contribution < -0.4 is 10.6 Å². The van der Waals surface area contributed by atoms with Crippen molar-refractivity contribution in [3.63, 3.8) is 0 Å². The number of fused-ring (bicyclic) bond motifs is 1. The van der Waals surface area contributed by atoms with Crippen LogP contribution in [0.3, 0.4) is 0 Å². The molecule has 0 unspecified atom stereocenters. The van der Waals surface area contributed by atoms with E-state index in [9.17, 15) is 0 Å². The molecular weight excluding hydrogens is 323 g/mol. The largest absolute Gasteiger partial charge is 0.381 e. The molecule has 0 saturated heterocycles. The SMILES string of the molecule is Ic1ccc2c(c1)NCC1(CCCCCC1)N2. The van der Waals surface area contributed by atoms with Crippen LogP contribution in [0, 0.1) is 3.57 Å². The molecule has 2 nitrogen and oxygen atoms in total. The van der Waals surface area contributed by atoms with Gasteiger partial charge in [-0.15, -0.1) is 0 Å². The molecule has 1 aromatic rings. The first-order chi connectivity index (χ1) is 8.27.